The number of sulfonamides is 1. The average Bonchev–Trinajstić information content (AvgIpc) is 2.54. The van der Waals surface area contributed by atoms with Gasteiger partial charge in [0.1, 0.15) is 4.21 Å². The van der Waals surface area contributed by atoms with Crippen LogP contribution in [0.25, 0.3) is 0 Å². The van der Waals surface area contributed by atoms with Gasteiger partial charge in [0, 0.05) is 12.1 Å². The number of nitrogens with one attached hydrogen (secondary N) is 1. The molecular weight excluding hydrogens is 360 g/mol. The van der Waals surface area contributed by atoms with Gasteiger partial charge >= 0.3 is 0 Å². The highest BCUT2D eigenvalue weighted by atomic mass is 79.9. The Bertz CT molecular complexity index is 506. The monoisotopic (exact) mass is 374 g/mol. The molecule has 1 aliphatic rings. The lowest BCUT2D eigenvalue weighted by Gasteiger charge is -2.37. The van der Waals surface area contributed by atoms with E-state index in [1.165, 1.54) is 11.3 Å². The van der Waals surface area contributed by atoms with E-state index in [1.807, 2.05) is 6.92 Å². The molecular formula is C10H16BrClN2O2S2. The summed E-state index contributed by atoms with van der Waals surface area (Å²) < 4.78 is 27.8. The van der Waals surface area contributed by atoms with Gasteiger partial charge in [0.15, 0.2) is 0 Å². The maximum Gasteiger partial charge on any atom is 0.250 e. The minimum absolute atomic E-state index is 0. The van der Waals surface area contributed by atoms with Crippen LogP contribution in [0.15, 0.2) is 14.1 Å². The third-order valence-corrected chi connectivity index (χ3v) is 7.07. The van der Waals surface area contributed by atoms with E-state index in [9.17, 15) is 8.42 Å². The van der Waals surface area contributed by atoms with Crippen molar-refractivity contribution >= 4 is 49.7 Å². The fourth-order valence-corrected chi connectivity index (χ4v) is 5.09. The van der Waals surface area contributed by atoms with Gasteiger partial charge in [-0.3, -0.25) is 0 Å². The fourth-order valence-electron chi connectivity index (χ4n) is 1.68. The number of halogens is 2. The highest BCUT2D eigenvalue weighted by Gasteiger charge is 2.34. The Morgan fingerprint density at radius 2 is 2.17 bits per heavy atom. The molecule has 0 radical (unpaired) electrons. The molecule has 104 valence electrons. The fraction of sp³-hybridized carbons (Fsp3) is 0.600. The first-order chi connectivity index (χ1) is 7.82. The van der Waals surface area contributed by atoms with Crippen LogP contribution in [0.3, 0.4) is 0 Å². The van der Waals surface area contributed by atoms with Gasteiger partial charge in [-0.2, -0.15) is 0 Å². The molecule has 8 heteroatoms. The van der Waals surface area contributed by atoms with E-state index in [1.54, 1.807) is 6.07 Å². The summed E-state index contributed by atoms with van der Waals surface area (Å²) in [6.07, 6.45) is 2.87. The van der Waals surface area contributed by atoms with Gasteiger partial charge < -0.3 is 5.73 Å². The normalized spacial score (nSPS) is 17.9. The van der Waals surface area contributed by atoms with Crippen LogP contribution in [0.2, 0.25) is 0 Å². The van der Waals surface area contributed by atoms with Crippen LogP contribution in [-0.2, 0) is 10.0 Å². The van der Waals surface area contributed by atoms with Gasteiger partial charge in [0.2, 0.25) is 10.0 Å². The summed E-state index contributed by atoms with van der Waals surface area (Å²) in [5, 5.41) is 0. The van der Waals surface area contributed by atoms with Crippen LogP contribution in [0.4, 0.5) is 0 Å². The first kappa shape index (κ1) is 16.4. The zero-order chi connectivity index (χ0) is 12.7. The van der Waals surface area contributed by atoms with Crippen LogP contribution in [0.5, 0.6) is 0 Å². The lowest BCUT2D eigenvalue weighted by molar-refractivity contribution is 0.251. The van der Waals surface area contributed by atoms with Crippen molar-refractivity contribution in [1.82, 2.24) is 4.72 Å². The van der Waals surface area contributed by atoms with Gasteiger partial charge in [0.05, 0.1) is 3.79 Å². The molecule has 1 saturated carbocycles. The van der Waals surface area contributed by atoms with Gasteiger partial charge in [-0.1, -0.05) is 0 Å². The van der Waals surface area contributed by atoms with Crippen molar-refractivity contribution in [3.8, 4) is 0 Å². The van der Waals surface area contributed by atoms with E-state index in [0.717, 1.165) is 28.6 Å². The number of rotatable bonds is 4. The molecule has 0 amide bonds. The van der Waals surface area contributed by atoms with E-state index >= 15 is 0 Å². The maximum atomic E-state index is 12.0. The Morgan fingerprint density at radius 1 is 1.56 bits per heavy atom. The number of hydrogen-bond acceptors (Lipinski definition) is 4. The lowest BCUT2D eigenvalue weighted by atomic mass is 9.78. The summed E-state index contributed by atoms with van der Waals surface area (Å²) in [4.78, 5) is 0. The molecule has 0 aliphatic heterocycles. The predicted molar refractivity (Wildman–Crippen MR) is 80.0 cm³/mol. The summed E-state index contributed by atoms with van der Waals surface area (Å²) in [5.74, 6) is 0. The van der Waals surface area contributed by atoms with Crippen molar-refractivity contribution in [2.24, 2.45) is 5.73 Å². The second kappa shape index (κ2) is 5.76. The molecule has 1 aromatic heterocycles. The summed E-state index contributed by atoms with van der Waals surface area (Å²) >= 11 is 4.55. The highest BCUT2D eigenvalue weighted by Crippen LogP contribution is 2.32. The van der Waals surface area contributed by atoms with Gasteiger partial charge in [-0.05, 0) is 53.7 Å². The summed E-state index contributed by atoms with van der Waals surface area (Å²) in [5.41, 5.74) is 6.59. The third-order valence-electron chi connectivity index (χ3n) is 3.06. The van der Waals surface area contributed by atoms with Crippen molar-refractivity contribution in [3.63, 3.8) is 0 Å². The van der Waals surface area contributed by atoms with E-state index in [2.05, 4.69) is 20.7 Å². The number of thiophene rings is 1. The minimum Gasteiger partial charge on any atom is -0.324 e. The SMILES string of the molecule is Cc1cc(S(=O)(=O)NCC2(N)CCC2)sc1Br.Cl. The molecule has 0 atom stereocenters. The Morgan fingerprint density at radius 3 is 2.56 bits per heavy atom. The second-order valence-electron chi connectivity index (χ2n) is 4.56. The molecule has 1 aliphatic carbocycles. The van der Waals surface area contributed by atoms with Gasteiger partial charge in [-0.25, -0.2) is 13.1 Å². The van der Waals surface area contributed by atoms with Crippen molar-refractivity contribution in [2.45, 2.75) is 35.9 Å². The Balaban J connectivity index is 0.00000162. The molecule has 0 unspecified atom stereocenters. The second-order valence-corrected chi connectivity index (χ2v) is 8.93. The zero-order valence-electron chi connectivity index (χ0n) is 9.90. The number of aryl methyl sites for hydroxylation is 1. The molecule has 0 saturated heterocycles. The molecule has 0 aromatic carbocycles. The maximum absolute atomic E-state index is 12.0. The van der Waals surface area contributed by atoms with Crippen LogP contribution in [0.1, 0.15) is 24.8 Å². The molecule has 0 spiro atoms. The van der Waals surface area contributed by atoms with Crippen LogP contribution in [-0.4, -0.2) is 20.5 Å². The zero-order valence-corrected chi connectivity index (χ0v) is 13.9. The first-order valence-electron chi connectivity index (χ1n) is 5.37. The van der Waals surface area contributed by atoms with E-state index < -0.39 is 10.0 Å². The Kier molecular flexibility index (Phi) is 5.25. The standard InChI is InChI=1S/C10H15BrN2O2S2.ClH/c1-7-5-8(16-9(7)11)17(14,15)13-6-10(12)3-2-4-10;/h5,13H,2-4,6,12H2,1H3;1H. The lowest BCUT2D eigenvalue weighted by Crippen LogP contribution is -2.54. The smallest absolute Gasteiger partial charge is 0.250 e. The average molecular weight is 376 g/mol. The molecule has 0 bridgehead atoms. The van der Waals surface area contributed by atoms with Crippen molar-refractivity contribution in [1.29, 1.82) is 0 Å². The van der Waals surface area contributed by atoms with E-state index in [4.69, 9.17) is 5.73 Å². The number of hydrogen-bond donors (Lipinski definition) is 2. The van der Waals surface area contributed by atoms with Crippen molar-refractivity contribution in [3.05, 3.63) is 15.4 Å². The van der Waals surface area contributed by atoms with Crippen LogP contribution < -0.4 is 10.5 Å². The van der Waals surface area contributed by atoms with Crippen LogP contribution >= 0.6 is 39.7 Å². The molecule has 18 heavy (non-hydrogen) atoms. The third kappa shape index (κ3) is 3.46. The van der Waals surface area contributed by atoms with Crippen molar-refractivity contribution < 1.29 is 8.42 Å². The van der Waals surface area contributed by atoms with E-state index in [0.29, 0.717) is 10.8 Å². The summed E-state index contributed by atoms with van der Waals surface area (Å²) in [7, 11) is -3.41. The minimum atomic E-state index is -3.41. The predicted octanol–water partition coefficient (Wildman–Crippen LogP) is 2.40. The van der Waals surface area contributed by atoms with Crippen LogP contribution in [0, 0.1) is 6.92 Å². The highest BCUT2D eigenvalue weighted by molar-refractivity contribution is 9.11. The summed E-state index contributed by atoms with van der Waals surface area (Å²) in [6, 6.07) is 1.67. The first-order valence-corrected chi connectivity index (χ1v) is 8.46. The van der Waals surface area contributed by atoms with E-state index in [-0.39, 0.29) is 17.9 Å². The van der Waals surface area contributed by atoms with Crippen molar-refractivity contribution in [2.75, 3.05) is 6.54 Å². The molecule has 1 fully saturated rings. The molecule has 4 nitrogen and oxygen atoms in total. The summed E-state index contributed by atoms with van der Waals surface area (Å²) in [6.45, 7) is 2.19. The Hall–Kier alpha value is 0.340. The molecule has 1 aromatic rings. The van der Waals surface area contributed by atoms with Gasteiger partial charge in [-0.15, -0.1) is 23.7 Å². The number of nitrogens with two attached hydrogens (primary N) is 1. The molecule has 3 N–H and O–H groups in total. The molecule has 2 rings (SSSR count). The quantitative estimate of drug-likeness (QED) is 0.849. The largest absolute Gasteiger partial charge is 0.324 e. The van der Waals surface area contributed by atoms with Gasteiger partial charge in [0.25, 0.3) is 0 Å². The topological polar surface area (TPSA) is 72.2 Å². The Labute approximate surface area is 126 Å². The molecule has 1 heterocycles.